The number of benzene rings is 8. The van der Waals surface area contributed by atoms with Crippen molar-refractivity contribution in [3.63, 3.8) is 0 Å². The van der Waals surface area contributed by atoms with Gasteiger partial charge < -0.3 is 4.90 Å². The summed E-state index contributed by atoms with van der Waals surface area (Å²) in [6.45, 7) is 4.87. The smallest absolute Gasteiger partial charge is 0.0726 e. The molecule has 0 aliphatic heterocycles. The highest BCUT2D eigenvalue weighted by atomic mass is 15.2. The second-order valence-corrected chi connectivity index (χ2v) is 21.2. The third-order valence-electron chi connectivity index (χ3n) is 18.1. The van der Waals surface area contributed by atoms with E-state index in [1.54, 1.807) is 27.9 Å². The zero-order chi connectivity index (χ0) is 42.8. The third-order valence-corrected chi connectivity index (χ3v) is 18.1. The van der Waals surface area contributed by atoms with Gasteiger partial charge in [0.2, 0.25) is 0 Å². The Labute approximate surface area is 383 Å². The maximum absolute atomic E-state index is 2.87. The van der Waals surface area contributed by atoms with Gasteiger partial charge in [0.05, 0.1) is 16.8 Å². The molecule has 9 aliphatic carbocycles. The van der Waals surface area contributed by atoms with Gasteiger partial charge >= 0.3 is 0 Å². The lowest BCUT2D eigenvalue weighted by Crippen LogP contribution is -2.31. The molecule has 17 rings (SSSR count). The average Bonchev–Trinajstić information content (AvgIpc) is 3.94. The lowest BCUT2D eigenvalue weighted by molar-refractivity contribution is 0.342. The molecule has 8 aromatic rings. The molecule has 1 heteroatoms. The zero-order valence-corrected chi connectivity index (χ0v) is 37.5. The summed E-state index contributed by atoms with van der Waals surface area (Å²) in [6, 6.07) is 64.1. The van der Waals surface area contributed by atoms with Gasteiger partial charge in [-0.1, -0.05) is 159 Å². The molecule has 0 unspecified atom stereocenters. The molecule has 0 N–H and O–H groups in total. The number of anilines is 3. The van der Waals surface area contributed by atoms with Gasteiger partial charge in [0.15, 0.2) is 0 Å². The summed E-state index contributed by atoms with van der Waals surface area (Å²) < 4.78 is 0. The highest BCUT2D eigenvalue weighted by molar-refractivity contribution is 6.02. The Bertz CT molecular complexity index is 3250. The molecule has 2 fully saturated rings. The molecule has 0 heterocycles. The maximum Gasteiger partial charge on any atom is 0.0726 e. The molecular formula is C64H53N. The topological polar surface area (TPSA) is 3.24 Å². The fourth-order valence-corrected chi connectivity index (χ4v) is 15.5. The van der Waals surface area contributed by atoms with E-state index < -0.39 is 5.41 Å². The first kappa shape index (κ1) is 36.9. The lowest BCUT2D eigenvalue weighted by Gasteiger charge is -2.48. The highest BCUT2D eigenvalue weighted by Crippen LogP contribution is 2.67. The first-order chi connectivity index (χ1) is 32.0. The van der Waals surface area contributed by atoms with E-state index in [-0.39, 0.29) is 5.41 Å². The van der Waals surface area contributed by atoms with Gasteiger partial charge in [0.1, 0.15) is 0 Å². The van der Waals surface area contributed by atoms with Crippen LogP contribution in [0.4, 0.5) is 17.1 Å². The molecule has 0 radical (unpaired) electrons. The molecule has 4 bridgehead atoms. The van der Waals surface area contributed by atoms with E-state index in [0.29, 0.717) is 23.7 Å². The Morgan fingerprint density at radius 2 is 0.862 bits per heavy atom. The number of hydrogen-bond donors (Lipinski definition) is 0. The molecule has 8 aromatic carbocycles. The Morgan fingerprint density at radius 1 is 0.400 bits per heavy atom. The number of hydrogen-bond acceptors (Lipinski definition) is 1. The van der Waals surface area contributed by atoms with Crippen LogP contribution in [0.3, 0.4) is 0 Å². The lowest BCUT2D eigenvalue weighted by atomic mass is 9.60. The normalized spacial score (nSPS) is 22.1. The SMILES string of the molecule is CC1(C)c2ccccc2-c2cccc(-c3cccc(N(c4cccc5c4-c4ccccc4C54c5ccccc5-c5ccccc54)c4c5c(cc6c4C4CCC6CC4)C4CCC5CC4)c3)c21. The molecule has 0 aromatic heterocycles. The summed E-state index contributed by atoms with van der Waals surface area (Å²) in [5.41, 5.74) is 29.8. The van der Waals surface area contributed by atoms with Crippen molar-refractivity contribution >= 4 is 17.1 Å². The first-order valence-corrected chi connectivity index (χ1v) is 24.8. The van der Waals surface area contributed by atoms with E-state index in [2.05, 4.69) is 183 Å². The van der Waals surface area contributed by atoms with Crippen LogP contribution >= 0.6 is 0 Å². The molecule has 1 spiro atoms. The van der Waals surface area contributed by atoms with Gasteiger partial charge in [-0.2, -0.15) is 0 Å². The predicted octanol–water partition coefficient (Wildman–Crippen LogP) is 17.0. The van der Waals surface area contributed by atoms with Crippen LogP contribution in [0.25, 0.3) is 44.5 Å². The van der Waals surface area contributed by atoms with E-state index >= 15 is 0 Å². The number of rotatable bonds is 4. The highest BCUT2D eigenvalue weighted by Gasteiger charge is 2.53. The molecule has 0 atom stereocenters. The minimum Gasteiger partial charge on any atom is -0.309 e. The molecule has 65 heavy (non-hydrogen) atoms. The van der Waals surface area contributed by atoms with E-state index in [1.165, 1.54) is 141 Å². The quantitative estimate of drug-likeness (QED) is 0.171. The summed E-state index contributed by atoms with van der Waals surface area (Å²) in [4.78, 5) is 2.87. The Hall–Kier alpha value is -6.44. The second-order valence-electron chi connectivity index (χ2n) is 21.2. The largest absolute Gasteiger partial charge is 0.309 e. The van der Waals surface area contributed by atoms with Crippen molar-refractivity contribution in [3.8, 4) is 44.5 Å². The van der Waals surface area contributed by atoms with Crippen LogP contribution in [0.5, 0.6) is 0 Å². The number of fused-ring (bicyclic) bond motifs is 17. The Morgan fingerprint density at radius 3 is 1.49 bits per heavy atom. The van der Waals surface area contributed by atoms with E-state index in [1.807, 2.05) is 0 Å². The van der Waals surface area contributed by atoms with Crippen molar-refractivity contribution in [1.82, 2.24) is 0 Å². The predicted molar refractivity (Wildman–Crippen MR) is 268 cm³/mol. The number of nitrogens with zero attached hydrogens (tertiary/aromatic N) is 1. The van der Waals surface area contributed by atoms with Crippen molar-refractivity contribution in [2.45, 2.75) is 99.7 Å². The minimum atomic E-state index is -0.401. The molecule has 314 valence electrons. The van der Waals surface area contributed by atoms with Crippen LogP contribution in [0, 0.1) is 0 Å². The van der Waals surface area contributed by atoms with Gasteiger partial charge in [-0.3, -0.25) is 0 Å². The summed E-state index contributed by atoms with van der Waals surface area (Å²) in [5, 5.41) is 0. The van der Waals surface area contributed by atoms with Gasteiger partial charge in [-0.25, -0.2) is 0 Å². The standard InChI is InChI=1S/C64H53N/c1-63(2)52-22-7-3-18-47(52)48-21-12-20-44(61(48)63)42-14-11-15-43(36-42)65(62-58-40-32-28-38(29-33-40)50(58)37-51-39-30-34-41(35-31-39)59(51)62)57-27-13-26-56-60(57)49-19-6-10-25-55(49)64(56)53-23-8-4-16-45(53)46-17-5-9-24-54(46)64/h3-27,36-41H,28-35H2,1-2H3. The molecule has 9 aliphatic rings. The Kier molecular flexibility index (Phi) is 7.43. The van der Waals surface area contributed by atoms with Crippen molar-refractivity contribution in [2.75, 3.05) is 4.90 Å². The molecular weight excluding hydrogens is 783 g/mol. The van der Waals surface area contributed by atoms with Crippen LogP contribution in [0.1, 0.15) is 145 Å². The van der Waals surface area contributed by atoms with Crippen molar-refractivity contribution in [2.24, 2.45) is 0 Å². The average molecular weight is 836 g/mol. The second kappa shape index (κ2) is 13.1. The minimum absolute atomic E-state index is 0.111. The monoisotopic (exact) mass is 835 g/mol. The van der Waals surface area contributed by atoms with Crippen molar-refractivity contribution in [3.05, 3.63) is 219 Å². The van der Waals surface area contributed by atoms with Crippen LogP contribution in [0.2, 0.25) is 0 Å². The first-order valence-electron chi connectivity index (χ1n) is 24.8. The Balaban J connectivity index is 1.05. The van der Waals surface area contributed by atoms with E-state index in [4.69, 9.17) is 0 Å². The van der Waals surface area contributed by atoms with Crippen LogP contribution in [-0.2, 0) is 10.8 Å². The molecule has 1 nitrogen and oxygen atoms in total. The third kappa shape index (κ3) is 4.65. The van der Waals surface area contributed by atoms with Gasteiger partial charge in [-0.15, -0.1) is 0 Å². The summed E-state index contributed by atoms with van der Waals surface area (Å²) in [6.07, 6.45) is 10.6. The van der Waals surface area contributed by atoms with Gasteiger partial charge in [-0.05, 0) is 188 Å². The fraction of sp³-hybridized carbons (Fsp3) is 0.250. The van der Waals surface area contributed by atoms with E-state index in [9.17, 15) is 0 Å². The van der Waals surface area contributed by atoms with Crippen LogP contribution in [0.15, 0.2) is 164 Å². The summed E-state index contributed by atoms with van der Waals surface area (Å²) in [7, 11) is 0. The summed E-state index contributed by atoms with van der Waals surface area (Å²) in [5.74, 6) is 2.53. The molecule has 0 saturated heterocycles. The van der Waals surface area contributed by atoms with Gasteiger partial charge in [0.25, 0.3) is 0 Å². The molecule has 2 saturated carbocycles. The molecule has 0 amide bonds. The zero-order valence-electron chi connectivity index (χ0n) is 37.5. The van der Waals surface area contributed by atoms with Crippen molar-refractivity contribution < 1.29 is 0 Å². The van der Waals surface area contributed by atoms with Gasteiger partial charge in [0, 0.05) is 16.7 Å². The maximum atomic E-state index is 2.87. The van der Waals surface area contributed by atoms with Crippen LogP contribution < -0.4 is 4.90 Å². The summed E-state index contributed by atoms with van der Waals surface area (Å²) >= 11 is 0. The van der Waals surface area contributed by atoms with Crippen LogP contribution in [-0.4, -0.2) is 0 Å². The van der Waals surface area contributed by atoms with E-state index in [0.717, 1.165) is 0 Å². The van der Waals surface area contributed by atoms with Crippen molar-refractivity contribution in [1.29, 1.82) is 0 Å². The fourth-order valence-electron chi connectivity index (χ4n) is 15.5.